The number of rotatable bonds is 2. The largest absolute Gasteiger partial charge is 0.354 e. The van der Waals surface area contributed by atoms with E-state index in [0.29, 0.717) is 10.7 Å². The van der Waals surface area contributed by atoms with E-state index < -0.39 is 5.95 Å². The molecule has 1 aromatic heterocycles. The Morgan fingerprint density at radius 3 is 2.75 bits per heavy atom. The molecule has 0 bridgehead atoms. The predicted octanol–water partition coefficient (Wildman–Crippen LogP) is 4.22. The minimum absolute atomic E-state index is 0.506. The Labute approximate surface area is 111 Å². The number of pyridine rings is 1. The van der Waals surface area contributed by atoms with Crippen LogP contribution in [0.2, 0.25) is 5.02 Å². The first-order chi connectivity index (χ1) is 7.65. The van der Waals surface area contributed by atoms with Crippen molar-refractivity contribution in [2.45, 2.75) is 0 Å². The first-order valence-corrected chi connectivity index (χ1v) is 5.94. The second kappa shape index (κ2) is 4.97. The number of halogens is 3. The van der Waals surface area contributed by atoms with Gasteiger partial charge in [-0.15, -0.1) is 0 Å². The molecule has 2 nitrogen and oxygen atoms in total. The van der Waals surface area contributed by atoms with Crippen LogP contribution in [-0.4, -0.2) is 4.98 Å². The minimum Gasteiger partial charge on any atom is -0.354 e. The van der Waals surface area contributed by atoms with Crippen LogP contribution in [0.5, 0.6) is 0 Å². The van der Waals surface area contributed by atoms with Gasteiger partial charge in [0.05, 0.1) is 5.69 Å². The fraction of sp³-hybridized carbons (Fsp3) is 0. The topological polar surface area (TPSA) is 24.9 Å². The van der Waals surface area contributed by atoms with Gasteiger partial charge in [0.2, 0.25) is 5.95 Å². The average Bonchev–Trinajstić information content (AvgIpc) is 2.22. The maximum absolute atomic E-state index is 12.9. The Morgan fingerprint density at radius 1 is 1.25 bits per heavy atom. The zero-order chi connectivity index (χ0) is 11.5. The third-order valence-electron chi connectivity index (χ3n) is 1.94. The van der Waals surface area contributed by atoms with Gasteiger partial charge in [0.15, 0.2) is 0 Å². The van der Waals surface area contributed by atoms with Gasteiger partial charge in [-0.2, -0.15) is 4.39 Å². The number of aromatic nitrogens is 1. The number of anilines is 2. The van der Waals surface area contributed by atoms with Crippen molar-refractivity contribution < 1.29 is 4.39 Å². The molecule has 0 saturated carbocycles. The molecule has 0 saturated heterocycles. The van der Waals surface area contributed by atoms with Gasteiger partial charge in [0.25, 0.3) is 0 Å². The van der Waals surface area contributed by atoms with Crippen LogP contribution >= 0.6 is 34.2 Å². The SMILES string of the molecule is Fc1cc(Nc2ccc(Cl)cc2I)ccn1. The highest BCUT2D eigenvalue weighted by molar-refractivity contribution is 14.1. The van der Waals surface area contributed by atoms with Crippen LogP contribution in [0.1, 0.15) is 0 Å². The summed E-state index contributed by atoms with van der Waals surface area (Å²) in [5.74, 6) is -0.506. The summed E-state index contributed by atoms with van der Waals surface area (Å²) in [6.45, 7) is 0. The first-order valence-electron chi connectivity index (χ1n) is 4.49. The first kappa shape index (κ1) is 11.6. The molecule has 1 aromatic carbocycles. The van der Waals surface area contributed by atoms with Crippen LogP contribution in [-0.2, 0) is 0 Å². The van der Waals surface area contributed by atoms with E-state index >= 15 is 0 Å². The molecule has 0 aliphatic rings. The van der Waals surface area contributed by atoms with E-state index in [-0.39, 0.29) is 0 Å². The van der Waals surface area contributed by atoms with Gasteiger partial charge in [-0.05, 0) is 46.9 Å². The molecule has 0 amide bonds. The van der Waals surface area contributed by atoms with E-state index in [1.807, 2.05) is 12.1 Å². The Hall–Kier alpha value is -0.880. The summed E-state index contributed by atoms with van der Waals surface area (Å²) in [6, 6.07) is 8.51. The van der Waals surface area contributed by atoms with Crippen LogP contribution in [0.25, 0.3) is 0 Å². The lowest BCUT2D eigenvalue weighted by atomic mass is 10.3. The molecular formula is C11H7ClFIN2. The Balaban J connectivity index is 2.27. The Bertz CT molecular complexity index is 519. The normalized spacial score (nSPS) is 10.2. The molecule has 82 valence electrons. The molecule has 2 aromatic rings. The van der Waals surface area contributed by atoms with Crippen LogP contribution < -0.4 is 5.32 Å². The van der Waals surface area contributed by atoms with Crippen LogP contribution in [0.15, 0.2) is 36.5 Å². The summed E-state index contributed by atoms with van der Waals surface area (Å²) < 4.78 is 13.8. The van der Waals surface area contributed by atoms with Gasteiger partial charge >= 0.3 is 0 Å². The molecule has 0 fully saturated rings. The highest BCUT2D eigenvalue weighted by Gasteiger charge is 2.02. The maximum Gasteiger partial charge on any atom is 0.214 e. The third-order valence-corrected chi connectivity index (χ3v) is 3.06. The van der Waals surface area contributed by atoms with E-state index in [2.05, 4.69) is 32.9 Å². The molecule has 0 aliphatic heterocycles. The van der Waals surface area contributed by atoms with Crippen LogP contribution in [0.3, 0.4) is 0 Å². The fourth-order valence-corrected chi connectivity index (χ4v) is 2.23. The number of benzene rings is 1. The second-order valence-corrected chi connectivity index (χ2v) is 4.72. The quantitative estimate of drug-likeness (QED) is 0.649. The van der Waals surface area contributed by atoms with Crippen molar-refractivity contribution in [1.29, 1.82) is 0 Å². The lowest BCUT2D eigenvalue weighted by Crippen LogP contribution is -1.94. The molecular weight excluding hydrogens is 341 g/mol. The summed E-state index contributed by atoms with van der Waals surface area (Å²) >= 11 is 8.01. The van der Waals surface area contributed by atoms with E-state index in [1.54, 1.807) is 12.1 Å². The van der Waals surface area contributed by atoms with Crippen molar-refractivity contribution in [1.82, 2.24) is 4.98 Å². The molecule has 0 atom stereocenters. The zero-order valence-corrected chi connectivity index (χ0v) is 11.0. The highest BCUT2D eigenvalue weighted by atomic mass is 127. The van der Waals surface area contributed by atoms with Crippen molar-refractivity contribution in [3.63, 3.8) is 0 Å². The average molecular weight is 349 g/mol. The standard InChI is InChI=1S/C11H7ClFIN2/c12-7-1-2-10(9(14)5-7)16-8-3-4-15-11(13)6-8/h1-6H,(H,15,16). The van der Waals surface area contributed by atoms with Crippen molar-refractivity contribution in [3.05, 3.63) is 51.1 Å². The predicted molar refractivity (Wildman–Crippen MR) is 71.6 cm³/mol. The monoisotopic (exact) mass is 348 g/mol. The summed E-state index contributed by atoms with van der Waals surface area (Å²) in [5, 5.41) is 3.77. The van der Waals surface area contributed by atoms with E-state index in [4.69, 9.17) is 11.6 Å². The Morgan fingerprint density at radius 2 is 2.06 bits per heavy atom. The summed E-state index contributed by atoms with van der Waals surface area (Å²) in [6.07, 6.45) is 1.42. The van der Waals surface area contributed by atoms with Gasteiger partial charge in [-0.3, -0.25) is 0 Å². The highest BCUT2D eigenvalue weighted by Crippen LogP contribution is 2.25. The number of nitrogens with one attached hydrogen (secondary N) is 1. The van der Waals surface area contributed by atoms with E-state index in [1.165, 1.54) is 12.3 Å². The molecule has 16 heavy (non-hydrogen) atoms. The minimum atomic E-state index is -0.506. The molecule has 5 heteroatoms. The molecule has 1 heterocycles. The lowest BCUT2D eigenvalue weighted by Gasteiger charge is -2.08. The van der Waals surface area contributed by atoms with E-state index in [0.717, 1.165) is 9.26 Å². The van der Waals surface area contributed by atoms with Gasteiger partial charge < -0.3 is 5.32 Å². The Kier molecular flexibility index (Phi) is 3.60. The van der Waals surface area contributed by atoms with Crippen molar-refractivity contribution in [2.24, 2.45) is 0 Å². The summed E-state index contributed by atoms with van der Waals surface area (Å²) in [5.41, 5.74) is 1.54. The molecule has 0 unspecified atom stereocenters. The zero-order valence-electron chi connectivity index (χ0n) is 8.05. The van der Waals surface area contributed by atoms with Crippen molar-refractivity contribution >= 4 is 45.6 Å². The lowest BCUT2D eigenvalue weighted by molar-refractivity contribution is 0.584. The maximum atomic E-state index is 12.9. The van der Waals surface area contributed by atoms with Crippen molar-refractivity contribution in [3.8, 4) is 0 Å². The number of hydrogen-bond donors (Lipinski definition) is 1. The van der Waals surface area contributed by atoms with Crippen LogP contribution in [0.4, 0.5) is 15.8 Å². The van der Waals surface area contributed by atoms with Crippen LogP contribution in [0, 0.1) is 9.52 Å². The van der Waals surface area contributed by atoms with E-state index in [9.17, 15) is 4.39 Å². The fourth-order valence-electron chi connectivity index (χ4n) is 1.23. The van der Waals surface area contributed by atoms with Gasteiger partial charge in [0, 0.05) is 26.5 Å². The van der Waals surface area contributed by atoms with Gasteiger partial charge in [-0.25, -0.2) is 4.98 Å². The molecule has 2 rings (SSSR count). The number of nitrogens with zero attached hydrogens (tertiary/aromatic N) is 1. The molecule has 1 N–H and O–H groups in total. The summed E-state index contributed by atoms with van der Waals surface area (Å²) in [4.78, 5) is 3.49. The third kappa shape index (κ3) is 2.82. The molecule has 0 aliphatic carbocycles. The molecule has 0 spiro atoms. The van der Waals surface area contributed by atoms with Crippen molar-refractivity contribution in [2.75, 3.05) is 5.32 Å². The summed E-state index contributed by atoms with van der Waals surface area (Å²) in [7, 11) is 0. The smallest absolute Gasteiger partial charge is 0.214 e. The number of hydrogen-bond acceptors (Lipinski definition) is 2. The van der Waals surface area contributed by atoms with Gasteiger partial charge in [0.1, 0.15) is 0 Å². The second-order valence-electron chi connectivity index (χ2n) is 3.12. The molecule has 0 radical (unpaired) electrons. The van der Waals surface area contributed by atoms with Gasteiger partial charge in [-0.1, -0.05) is 11.6 Å².